The zero-order valence-corrected chi connectivity index (χ0v) is 11.0. The van der Waals surface area contributed by atoms with Gasteiger partial charge in [-0.25, -0.2) is 0 Å². The molecule has 1 atom stereocenters. The number of benzene rings is 1. The van der Waals surface area contributed by atoms with Crippen LogP contribution in [0.1, 0.15) is 31.9 Å². The molecular formula is C14H17F3N2. The van der Waals surface area contributed by atoms with Crippen LogP contribution in [0.15, 0.2) is 30.3 Å². The van der Waals surface area contributed by atoms with Gasteiger partial charge < -0.3 is 5.32 Å². The molecule has 0 aliphatic carbocycles. The van der Waals surface area contributed by atoms with Gasteiger partial charge in [-0.2, -0.15) is 18.4 Å². The molecule has 0 bridgehead atoms. The maximum atomic E-state index is 12.6. The van der Waals surface area contributed by atoms with Crippen LogP contribution >= 0.6 is 0 Å². The molecule has 0 aliphatic heterocycles. The maximum Gasteiger partial charge on any atom is 0.390 e. The first-order valence-corrected chi connectivity index (χ1v) is 6.00. The van der Waals surface area contributed by atoms with E-state index in [1.165, 1.54) is 0 Å². The van der Waals surface area contributed by atoms with E-state index >= 15 is 0 Å². The summed E-state index contributed by atoms with van der Waals surface area (Å²) in [7, 11) is 0. The Hall–Kier alpha value is -1.54. The first-order chi connectivity index (χ1) is 8.73. The minimum Gasteiger partial charge on any atom is -0.308 e. The Bertz CT molecular complexity index is 432. The second-order valence-corrected chi connectivity index (χ2v) is 5.16. The van der Waals surface area contributed by atoms with E-state index in [4.69, 9.17) is 5.26 Å². The van der Waals surface area contributed by atoms with Crippen LogP contribution in [0.5, 0.6) is 0 Å². The lowest BCUT2D eigenvalue weighted by Gasteiger charge is -2.24. The van der Waals surface area contributed by atoms with E-state index in [9.17, 15) is 13.2 Å². The van der Waals surface area contributed by atoms with Crippen LogP contribution in [-0.2, 0) is 0 Å². The Labute approximate surface area is 111 Å². The van der Waals surface area contributed by atoms with E-state index in [0.717, 1.165) is 0 Å². The Morgan fingerprint density at radius 1 is 1.21 bits per heavy atom. The highest BCUT2D eigenvalue weighted by Crippen LogP contribution is 2.30. The lowest BCUT2D eigenvalue weighted by Crippen LogP contribution is -2.33. The quantitative estimate of drug-likeness (QED) is 0.882. The van der Waals surface area contributed by atoms with E-state index in [-0.39, 0.29) is 6.54 Å². The Morgan fingerprint density at radius 3 is 2.26 bits per heavy atom. The molecule has 1 aromatic carbocycles. The van der Waals surface area contributed by atoms with Crippen LogP contribution in [0.3, 0.4) is 0 Å². The van der Waals surface area contributed by atoms with Crippen LogP contribution in [0.25, 0.3) is 0 Å². The van der Waals surface area contributed by atoms with Gasteiger partial charge in [0.05, 0.1) is 17.9 Å². The summed E-state index contributed by atoms with van der Waals surface area (Å²) in [4.78, 5) is 0. The summed E-state index contributed by atoms with van der Waals surface area (Å²) in [6.07, 6.45) is -5.19. The van der Waals surface area contributed by atoms with E-state index in [0.29, 0.717) is 5.56 Å². The van der Waals surface area contributed by atoms with Crippen LogP contribution in [0, 0.1) is 16.7 Å². The summed E-state index contributed by atoms with van der Waals surface area (Å²) in [5.74, 6) is 0. The van der Waals surface area contributed by atoms with Crippen molar-refractivity contribution in [1.29, 1.82) is 5.26 Å². The molecule has 0 fully saturated rings. The molecule has 0 amide bonds. The SMILES string of the molecule is CC(C)(C#N)CNC(CC(F)(F)F)c1ccccc1. The van der Waals surface area contributed by atoms with Gasteiger partial charge in [-0.1, -0.05) is 30.3 Å². The van der Waals surface area contributed by atoms with Gasteiger partial charge in [0.2, 0.25) is 0 Å². The first-order valence-electron chi connectivity index (χ1n) is 6.00. The van der Waals surface area contributed by atoms with Crippen molar-refractivity contribution in [3.05, 3.63) is 35.9 Å². The lowest BCUT2D eigenvalue weighted by molar-refractivity contribution is -0.140. The molecule has 1 aromatic rings. The third-order valence-corrected chi connectivity index (χ3v) is 2.73. The molecule has 0 saturated carbocycles. The standard InChI is InChI=1S/C14H17F3N2/c1-13(2,9-18)10-19-12(8-14(15,16)17)11-6-4-3-5-7-11/h3-7,12,19H,8,10H2,1-2H3. The Morgan fingerprint density at radius 2 is 1.79 bits per heavy atom. The predicted molar refractivity (Wildman–Crippen MR) is 67.3 cm³/mol. The summed E-state index contributed by atoms with van der Waals surface area (Å²) >= 11 is 0. The number of nitriles is 1. The second kappa shape index (κ2) is 6.07. The topological polar surface area (TPSA) is 35.8 Å². The van der Waals surface area contributed by atoms with Gasteiger partial charge in [0.25, 0.3) is 0 Å². The summed E-state index contributed by atoms with van der Waals surface area (Å²) in [5.41, 5.74) is -0.118. The van der Waals surface area contributed by atoms with E-state index in [1.54, 1.807) is 44.2 Å². The number of halogens is 3. The van der Waals surface area contributed by atoms with Crippen molar-refractivity contribution in [3.63, 3.8) is 0 Å². The molecule has 1 unspecified atom stereocenters. The van der Waals surface area contributed by atoms with Gasteiger partial charge >= 0.3 is 6.18 Å². The fourth-order valence-corrected chi connectivity index (χ4v) is 1.64. The molecule has 2 nitrogen and oxygen atoms in total. The van der Waals surface area contributed by atoms with Gasteiger partial charge in [0.1, 0.15) is 0 Å². The number of nitrogens with one attached hydrogen (secondary N) is 1. The van der Waals surface area contributed by atoms with Crippen molar-refractivity contribution in [1.82, 2.24) is 5.32 Å². The minimum atomic E-state index is -4.25. The molecule has 19 heavy (non-hydrogen) atoms. The number of hydrogen-bond donors (Lipinski definition) is 1. The molecule has 0 radical (unpaired) electrons. The monoisotopic (exact) mass is 270 g/mol. The molecule has 104 valence electrons. The summed E-state index contributed by atoms with van der Waals surface area (Å²) in [6, 6.07) is 9.72. The van der Waals surface area contributed by atoms with Crippen LogP contribution in [0.2, 0.25) is 0 Å². The molecule has 1 rings (SSSR count). The van der Waals surface area contributed by atoms with Crippen LogP contribution in [-0.4, -0.2) is 12.7 Å². The molecule has 1 N–H and O–H groups in total. The fraction of sp³-hybridized carbons (Fsp3) is 0.500. The van der Waals surface area contributed by atoms with E-state index in [1.807, 2.05) is 0 Å². The van der Waals surface area contributed by atoms with E-state index < -0.39 is 24.1 Å². The molecule has 0 aromatic heterocycles. The van der Waals surface area contributed by atoms with Crippen molar-refractivity contribution < 1.29 is 13.2 Å². The zero-order chi connectivity index (χ0) is 14.5. The van der Waals surface area contributed by atoms with Gasteiger partial charge in [-0.15, -0.1) is 0 Å². The van der Waals surface area contributed by atoms with Gasteiger partial charge in [0, 0.05) is 12.6 Å². The lowest BCUT2D eigenvalue weighted by atomic mass is 9.94. The summed E-state index contributed by atoms with van der Waals surface area (Å²) in [5, 5.41) is 11.7. The smallest absolute Gasteiger partial charge is 0.308 e. The molecule has 0 saturated heterocycles. The van der Waals surface area contributed by atoms with Crippen molar-refractivity contribution >= 4 is 0 Å². The van der Waals surface area contributed by atoms with Gasteiger partial charge in [0.15, 0.2) is 0 Å². The molecule has 0 aliphatic rings. The van der Waals surface area contributed by atoms with Crippen molar-refractivity contribution in [2.24, 2.45) is 5.41 Å². The highest BCUT2D eigenvalue weighted by Gasteiger charge is 2.33. The van der Waals surface area contributed by atoms with Crippen LogP contribution in [0.4, 0.5) is 13.2 Å². The number of nitrogens with zero attached hydrogens (tertiary/aromatic N) is 1. The van der Waals surface area contributed by atoms with Crippen LogP contribution < -0.4 is 5.32 Å². The van der Waals surface area contributed by atoms with Gasteiger partial charge in [-0.3, -0.25) is 0 Å². The Kier molecular flexibility index (Phi) is 4.96. The summed E-state index contributed by atoms with van der Waals surface area (Å²) < 4.78 is 37.8. The normalized spacial score (nSPS) is 13.9. The maximum absolute atomic E-state index is 12.6. The average molecular weight is 270 g/mol. The van der Waals surface area contributed by atoms with E-state index in [2.05, 4.69) is 11.4 Å². The highest BCUT2D eigenvalue weighted by atomic mass is 19.4. The second-order valence-electron chi connectivity index (χ2n) is 5.16. The fourth-order valence-electron chi connectivity index (χ4n) is 1.64. The van der Waals surface area contributed by atoms with Crippen molar-refractivity contribution in [2.45, 2.75) is 32.5 Å². The molecular weight excluding hydrogens is 253 g/mol. The molecule has 5 heteroatoms. The third-order valence-electron chi connectivity index (χ3n) is 2.73. The average Bonchev–Trinajstić information content (AvgIpc) is 2.34. The zero-order valence-electron chi connectivity index (χ0n) is 11.0. The highest BCUT2D eigenvalue weighted by molar-refractivity contribution is 5.19. The predicted octanol–water partition coefficient (Wildman–Crippen LogP) is 3.82. The third kappa shape index (κ3) is 5.75. The molecule has 0 heterocycles. The molecule has 0 spiro atoms. The first kappa shape index (κ1) is 15.5. The minimum absolute atomic E-state index is 0.207. The number of hydrogen-bond acceptors (Lipinski definition) is 2. The van der Waals surface area contributed by atoms with Crippen molar-refractivity contribution in [3.8, 4) is 6.07 Å². The Balaban J connectivity index is 2.80. The summed E-state index contributed by atoms with van der Waals surface area (Å²) in [6.45, 7) is 3.59. The number of alkyl halides is 3. The van der Waals surface area contributed by atoms with Gasteiger partial charge in [-0.05, 0) is 19.4 Å². The van der Waals surface area contributed by atoms with Crippen molar-refractivity contribution in [2.75, 3.05) is 6.54 Å². The number of rotatable bonds is 5. The largest absolute Gasteiger partial charge is 0.390 e.